The Kier molecular flexibility index (Phi) is 5.42. The van der Waals surface area contributed by atoms with Crippen LogP contribution in [0.25, 0.3) is 0 Å². The average Bonchev–Trinajstić information content (AvgIpc) is 2.97. The van der Waals surface area contributed by atoms with Gasteiger partial charge in [-0.25, -0.2) is 22.0 Å². The molecule has 0 unspecified atom stereocenters. The van der Waals surface area contributed by atoms with Crippen LogP contribution in [-0.2, 0) is 6.54 Å². The predicted octanol–water partition coefficient (Wildman–Crippen LogP) is 2.77. The van der Waals surface area contributed by atoms with Gasteiger partial charge in [-0.05, 0) is 0 Å². The van der Waals surface area contributed by atoms with Crippen molar-refractivity contribution in [2.24, 2.45) is 0 Å². The number of ether oxygens (including phenoxy) is 1. The Morgan fingerprint density at radius 1 is 1.03 bits per heavy atom. The zero-order valence-electron chi connectivity index (χ0n) is 17.9. The summed E-state index contributed by atoms with van der Waals surface area (Å²) in [5.41, 5.74) is -3.18. The summed E-state index contributed by atoms with van der Waals surface area (Å²) in [6, 6.07) is 1.57. The lowest BCUT2D eigenvalue weighted by atomic mass is 10.1. The van der Waals surface area contributed by atoms with E-state index in [-0.39, 0.29) is 24.6 Å². The minimum atomic E-state index is -1.26. The lowest BCUT2D eigenvalue weighted by Gasteiger charge is -2.33. The van der Waals surface area contributed by atoms with E-state index in [0.717, 1.165) is 27.8 Å². The van der Waals surface area contributed by atoms with Crippen LogP contribution in [-0.4, -0.2) is 34.6 Å². The van der Waals surface area contributed by atoms with Crippen LogP contribution in [0.5, 0.6) is 11.5 Å². The highest BCUT2D eigenvalue weighted by Crippen LogP contribution is 2.39. The number of carbonyl (C=O) groups is 2. The van der Waals surface area contributed by atoms with E-state index in [2.05, 4.69) is 5.32 Å². The highest BCUT2D eigenvalue weighted by atomic mass is 19.2. The van der Waals surface area contributed by atoms with Gasteiger partial charge in [-0.15, -0.1) is 0 Å². The number of fused-ring (bicyclic) bond motifs is 6. The fraction of sp³-hybridized carbons (Fsp3) is 0.174. The van der Waals surface area contributed by atoms with Crippen LogP contribution in [0.15, 0.2) is 35.3 Å². The van der Waals surface area contributed by atoms with Crippen LogP contribution < -0.4 is 20.4 Å². The standard InChI is InChI=1S/C23H14F5N3O5/c24-9-1-13(25)11(14(26)2-9)5-29-22(34)12-7-30-10-6-31(23(35)19(30)21(33)20(12)32)17-3-15(27)16(28)4-18(17)36-8-10/h1-4,7,10,33H,5-6,8H2,(H,29,34)/t10-/m0/s1. The average molecular weight is 507 g/mol. The first-order valence-electron chi connectivity index (χ1n) is 10.4. The number of nitrogens with one attached hydrogen (secondary N) is 1. The lowest BCUT2D eigenvalue weighted by molar-refractivity contribution is 0.0926. The summed E-state index contributed by atoms with van der Waals surface area (Å²) in [7, 11) is 0. The number of benzene rings is 2. The Bertz CT molecular complexity index is 1500. The molecule has 186 valence electrons. The van der Waals surface area contributed by atoms with Crippen molar-refractivity contribution >= 4 is 17.5 Å². The van der Waals surface area contributed by atoms with Gasteiger partial charge >= 0.3 is 0 Å². The molecule has 2 aliphatic heterocycles. The molecule has 2 N–H and O–H groups in total. The molecule has 1 aromatic heterocycles. The molecule has 8 nitrogen and oxygen atoms in total. The Labute approximate surface area is 198 Å². The van der Waals surface area contributed by atoms with E-state index in [1.165, 1.54) is 0 Å². The van der Waals surface area contributed by atoms with Gasteiger partial charge in [-0.2, -0.15) is 0 Å². The summed E-state index contributed by atoms with van der Waals surface area (Å²) in [5.74, 6) is -9.41. The van der Waals surface area contributed by atoms with E-state index in [9.17, 15) is 41.4 Å². The number of anilines is 1. The number of hydrogen-bond donors (Lipinski definition) is 2. The van der Waals surface area contributed by atoms with E-state index >= 15 is 0 Å². The second kappa shape index (κ2) is 8.36. The van der Waals surface area contributed by atoms with Gasteiger partial charge in [0.05, 0.1) is 18.3 Å². The molecular formula is C23H14F5N3O5. The molecule has 2 aliphatic rings. The predicted molar refractivity (Wildman–Crippen MR) is 112 cm³/mol. The maximum absolute atomic E-state index is 13.9. The molecule has 5 rings (SSSR count). The largest absolute Gasteiger partial charge is 0.503 e. The summed E-state index contributed by atoms with van der Waals surface area (Å²) >= 11 is 0. The molecule has 3 heterocycles. The molecule has 0 aliphatic carbocycles. The van der Waals surface area contributed by atoms with Gasteiger partial charge in [0.2, 0.25) is 5.43 Å². The third-order valence-electron chi connectivity index (χ3n) is 5.94. The van der Waals surface area contributed by atoms with Crippen LogP contribution in [0, 0.1) is 29.1 Å². The number of carbonyl (C=O) groups excluding carboxylic acids is 2. The quantitative estimate of drug-likeness (QED) is 0.532. The smallest absolute Gasteiger partial charge is 0.279 e. The Balaban J connectivity index is 1.51. The number of nitrogens with zero attached hydrogens (tertiary/aromatic N) is 2. The summed E-state index contributed by atoms with van der Waals surface area (Å²) in [6.45, 7) is -1.08. The molecule has 1 atom stereocenters. The van der Waals surface area contributed by atoms with Crippen LogP contribution in [0.4, 0.5) is 27.6 Å². The van der Waals surface area contributed by atoms with E-state index in [0.29, 0.717) is 12.1 Å². The molecule has 0 fully saturated rings. The van der Waals surface area contributed by atoms with Crippen LogP contribution in [0.1, 0.15) is 32.5 Å². The second-order valence-electron chi connectivity index (χ2n) is 8.12. The Hall–Kier alpha value is -4.42. The number of halogens is 5. The highest BCUT2D eigenvalue weighted by Gasteiger charge is 2.40. The number of amides is 2. The summed E-state index contributed by atoms with van der Waals surface area (Å²) in [6.07, 6.45) is 0.977. The van der Waals surface area contributed by atoms with Gasteiger partial charge in [-0.1, -0.05) is 0 Å². The number of pyridine rings is 1. The topological polar surface area (TPSA) is 101 Å². The van der Waals surface area contributed by atoms with Gasteiger partial charge in [-0.3, -0.25) is 14.4 Å². The summed E-state index contributed by atoms with van der Waals surface area (Å²) in [4.78, 5) is 39.6. The monoisotopic (exact) mass is 507 g/mol. The van der Waals surface area contributed by atoms with E-state index in [1.807, 2.05) is 0 Å². The van der Waals surface area contributed by atoms with Crippen molar-refractivity contribution < 1.29 is 41.4 Å². The Morgan fingerprint density at radius 3 is 2.39 bits per heavy atom. The third-order valence-corrected chi connectivity index (χ3v) is 5.94. The lowest BCUT2D eigenvalue weighted by Crippen LogP contribution is -2.45. The SMILES string of the molecule is O=C(NCc1c(F)cc(F)cc1F)c1cn2c(c(O)c1=O)C(=O)N1C[C@H]2COc2cc(F)c(F)cc21. The van der Waals surface area contributed by atoms with Crippen molar-refractivity contribution in [3.63, 3.8) is 0 Å². The molecule has 0 radical (unpaired) electrons. The van der Waals surface area contributed by atoms with Crippen LogP contribution >= 0.6 is 0 Å². The van der Waals surface area contributed by atoms with Crippen molar-refractivity contribution in [1.82, 2.24) is 9.88 Å². The molecule has 0 saturated heterocycles. The summed E-state index contributed by atoms with van der Waals surface area (Å²) in [5, 5.41) is 12.7. The molecule has 0 saturated carbocycles. The first-order valence-corrected chi connectivity index (χ1v) is 10.4. The number of hydrogen-bond acceptors (Lipinski definition) is 5. The van der Waals surface area contributed by atoms with Gasteiger partial charge < -0.3 is 24.6 Å². The first kappa shape index (κ1) is 23.3. The minimum Gasteiger partial charge on any atom is -0.503 e. The van der Waals surface area contributed by atoms with Gasteiger partial charge in [0.1, 0.15) is 35.4 Å². The second-order valence-corrected chi connectivity index (χ2v) is 8.12. The molecule has 0 spiro atoms. The number of aromatic nitrogens is 1. The molecule has 2 bridgehead atoms. The zero-order chi connectivity index (χ0) is 25.9. The van der Waals surface area contributed by atoms with Gasteiger partial charge in [0.15, 0.2) is 23.1 Å². The van der Waals surface area contributed by atoms with Crippen molar-refractivity contribution in [3.8, 4) is 11.5 Å². The van der Waals surface area contributed by atoms with E-state index < -0.39 is 81.5 Å². The van der Waals surface area contributed by atoms with Crippen molar-refractivity contribution in [2.75, 3.05) is 18.1 Å². The molecule has 2 amide bonds. The fourth-order valence-corrected chi connectivity index (χ4v) is 4.17. The molecule has 3 aromatic rings. The van der Waals surface area contributed by atoms with Crippen molar-refractivity contribution in [2.45, 2.75) is 12.6 Å². The first-order chi connectivity index (χ1) is 17.1. The number of aromatic hydroxyl groups is 1. The van der Waals surface area contributed by atoms with Crippen molar-refractivity contribution in [3.05, 3.63) is 86.6 Å². The van der Waals surface area contributed by atoms with Gasteiger partial charge in [0, 0.05) is 42.6 Å². The highest BCUT2D eigenvalue weighted by molar-refractivity contribution is 6.09. The molecule has 2 aromatic carbocycles. The van der Waals surface area contributed by atoms with Gasteiger partial charge in [0.25, 0.3) is 11.8 Å². The van der Waals surface area contributed by atoms with Crippen LogP contribution in [0.2, 0.25) is 0 Å². The number of rotatable bonds is 3. The molecule has 13 heteroatoms. The van der Waals surface area contributed by atoms with Crippen LogP contribution in [0.3, 0.4) is 0 Å². The fourth-order valence-electron chi connectivity index (χ4n) is 4.17. The van der Waals surface area contributed by atoms with E-state index in [4.69, 9.17) is 4.74 Å². The maximum atomic E-state index is 13.9. The molecular weight excluding hydrogens is 493 g/mol. The minimum absolute atomic E-state index is 0.107. The third kappa shape index (κ3) is 3.63. The van der Waals surface area contributed by atoms with Crippen molar-refractivity contribution in [1.29, 1.82) is 0 Å². The van der Waals surface area contributed by atoms with E-state index in [1.54, 1.807) is 0 Å². The normalized spacial score (nSPS) is 16.1. The zero-order valence-corrected chi connectivity index (χ0v) is 17.9. The summed E-state index contributed by atoms with van der Waals surface area (Å²) < 4.78 is 75.1. The molecule has 36 heavy (non-hydrogen) atoms. The Morgan fingerprint density at radius 2 is 1.69 bits per heavy atom. The maximum Gasteiger partial charge on any atom is 0.279 e.